The summed E-state index contributed by atoms with van der Waals surface area (Å²) in [7, 11) is 0. The van der Waals surface area contributed by atoms with E-state index in [0.29, 0.717) is 0 Å². The Morgan fingerprint density at radius 3 is 0.664 bits per heavy atom. The molecule has 59 heteroatoms. The summed E-state index contributed by atoms with van der Waals surface area (Å²) in [5.41, 5.74) is -1.48. The fourth-order valence-corrected chi connectivity index (χ4v) is 15.7. The highest BCUT2D eigenvalue weighted by Crippen LogP contribution is 2.37. The van der Waals surface area contributed by atoms with E-state index in [1.54, 1.807) is 0 Å². The molecule has 0 spiro atoms. The first-order valence-electron chi connectivity index (χ1n) is 44.2. The molecular formula is C78H134N3O56-. The molecule has 9 saturated heterocycles. The maximum atomic E-state index is 13.5. The van der Waals surface area contributed by atoms with E-state index in [2.05, 4.69) is 22.5 Å². The van der Waals surface area contributed by atoms with Crippen LogP contribution in [0.15, 0.2) is 12.3 Å². The summed E-state index contributed by atoms with van der Waals surface area (Å²) in [4.78, 5) is 40.5. The van der Waals surface area contributed by atoms with E-state index in [1.807, 2.05) is 0 Å². The predicted molar refractivity (Wildman–Crippen MR) is 427 cm³/mol. The van der Waals surface area contributed by atoms with Crippen molar-refractivity contribution in [3.63, 3.8) is 0 Å². The number of hydrogen-bond donors (Lipinski definition) is 33. The number of aliphatic hydroxyl groups is 30. The van der Waals surface area contributed by atoms with Crippen LogP contribution in [0.4, 0.5) is 0 Å². The number of carbonyl (C=O) groups is 3. The van der Waals surface area contributed by atoms with Gasteiger partial charge in [-0.3, -0.25) is 14.4 Å². The molecule has 9 aliphatic rings. The Kier molecular flexibility index (Phi) is 47.6. The predicted octanol–water partition coefficient (Wildman–Crippen LogP) is -22.8. The van der Waals surface area contributed by atoms with Crippen molar-refractivity contribution in [1.29, 1.82) is 0 Å². The van der Waals surface area contributed by atoms with Crippen LogP contribution in [0.1, 0.15) is 25.7 Å². The van der Waals surface area contributed by atoms with Gasteiger partial charge in [-0.2, -0.15) is 0 Å². The summed E-state index contributed by atoms with van der Waals surface area (Å²) in [6.45, 7) is -9.95. The molecule has 0 saturated carbocycles. The topological polar surface area (TPSA) is 920 Å². The van der Waals surface area contributed by atoms with Gasteiger partial charge >= 0.3 is 0 Å². The van der Waals surface area contributed by atoms with Crippen LogP contribution in [0, 0.1) is 5.41 Å². The van der Waals surface area contributed by atoms with Gasteiger partial charge in [0, 0.05) is 45.5 Å². The van der Waals surface area contributed by atoms with Crippen molar-refractivity contribution in [3.8, 4) is 0 Å². The molecule has 45 unspecified atom stereocenters. The summed E-state index contributed by atoms with van der Waals surface area (Å²) >= 11 is 0. The lowest BCUT2D eigenvalue weighted by atomic mass is 9.92. The van der Waals surface area contributed by atoms with Crippen molar-refractivity contribution in [2.45, 2.75) is 302 Å². The van der Waals surface area contributed by atoms with E-state index in [0.717, 1.165) is 0 Å². The van der Waals surface area contributed by atoms with Crippen LogP contribution in [-0.2, 0) is 119 Å². The Labute approximate surface area is 779 Å². The van der Waals surface area contributed by atoms with E-state index in [1.165, 1.54) is 0 Å². The van der Waals surface area contributed by atoms with Crippen LogP contribution in [0.25, 0.3) is 0 Å². The third-order valence-electron chi connectivity index (χ3n) is 23.9. The minimum atomic E-state index is -2.06. The highest BCUT2D eigenvalue weighted by atomic mass is 16.8. The Morgan fingerprint density at radius 1 is 0.248 bits per heavy atom. The number of ether oxygens (including phenoxy) is 22. The number of carbonyl (C=O) groups excluding carboxylic acids is 3. The van der Waals surface area contributed by atoms with Crippen molar-refractivity contribution in [2.75, 3.05) is 152 Å². The number of hydrogen-bond acceptors (Lipinski definition) is 56. The first-order valence-corrected chi connectivity index (χ1v) is 44.2. The van der Waals surface area contributed by atoms with Gasteiger partial charge in [0.2, 0.25) is 17.7 Å². The minimum absolute atomic E-state index is 0.211. The Balaban J connectivity index is 0.834. The molecule has 0 aromatic carbocycles. The standard InChI is InChI=1S/C78H135N3O56/c1-29(88)2-9-116-25-78(26-117-10-3-39(89)79-6-13-120-72-63(113)66(135-75-60(110)54(104)45(95)33(19-85)129-75)48(98)36(132-72)22-123-69-57(107)51(101)42(92)30(16-82)126-69,27-118-11-4-40(90)80-7-14-121-73-64(114)67(136-76-61(111)55(105)46(96)34(20-86)130-76)49(99)37(133-73)23-124-70-58(108)52(102)43(93)31(17-83)127-70)28-119-12-5-41(91)81-8-15-122-74-65(115)68(137-77-62(112)56(106)47(97)35(21-87)131-77)50(100)38(134-74)24-125-71-59(109)53(103)44(94)32(18-84)128-71/h30-38,42-77,82-88,92-115H,1-28H2,(H,79,89)(H,80,90)(H,81,91)/p-1. The van der Waals surface area contributed by atoms with Gasteiger partial charge in [-0.15, -0.1) is 12.3 Å². The molecule has 0 aromatic rings. The van der Waals surface area contributed by atoms with Crippen molar-refractivity contribution >= 4 is 17.7 Å². The molecule has 33 N–H and O–H groups in total. The SMILES string of the molecule is C=C([O-])CCOCC(COCCC(=O)NCCOC1OC(COC2OC(CO)C(O)C(O)C2O)C(O)C(OC2OC(CO)C(O)C(O)C2O)C1O)(COCCC(=O)NCCOC1OC(COC2OC(CO)C(O)C(O)C2O)C(O)C(OC2OC(CO)C(O)C(O)C2O)C1O)COCCC(=O)NCCOC1OC(COC2OC(CO)C(O)C(O)C2O)C(O)C(OC2OC(CO)C(O)C(O)C2O)C1O. The first-order chi connectivity index (χ1) is 65.2. The van der Waals surface area contributed by atoms with Gasteiger partial charge in [0.1, 0.15) is 220 Å². The van der Waals surface area contributed by atoms with Crippen LogP contribution in [0.2, 0.25) is 0 Å². The molecule has 9 fully saturated rings. The quantitative estimate of drug-likeness (QED) is 0.0199. The zero-order chi connectivity index (χ0) is 101. The number of nitrogens with one attached hydrogen (secondary N) is 3. The van der Waals surface area contributed by atoms with E-state index < -0.39 is 443 Å². The molecule has 0 aromatic heterocycles. The van der Waals surface area contributed by atoms with Crippen molar-refractivity contribution in [1.82, 2.24) is 16.0 Å². The van der Waals surface area contributed by atoms with Crippen LogP contribution in [0.3, 0.4) is 0 Å². The highest BCUT2D eigenvalue weighted by molar-refractivity contribution is 5.76. The zero-order valence-corrected chi connectivity index (χ0v) is 73.8. The highest BCUT2D eigenvalue weighted by Gasteiger charge is 2.58. The van der Waals surface area contributed by atoms with Crippen molar-refractivity contribution < 1.29 is 277 Å². The molecule has 0 bridgehead atoms. The van der Waals surface area contributed by atoms with Crippen molar-refractivity contribution in [2.24, 2.45) is 5.41 Å². The molecule has 0 aliphatic carbocycles. The molecule has 9 aliphatic heterocycles. The summed E-state index contributed by atoms with van der Waals surface area (Å²) in [6, 6.07) is 0. The molecule has 59 nitrogen and oxygen atoms in total. The fourth-order valence-electron chi connectivity index (χ4n) is 15.7. The molecule has 9 heterocycles. The average Bonchev–Trinajstić information content (AvgIpc) is 0.786. The van der Waals surface area contributed by atoms with Crippen molar-refractivity contribution in [3.05, 3.63) is 12.3 Å². The molecule has 45 atom stereocenters. The van der Waals surface area contributed by atoms with Gasteiger partial charge in [-0.05, 0) is 6.42 Å². The summed E-state index contributed by atoms with van der Waals surface area (Å²) in [6.07, 6.45) is -84.5. The van der Waals surface area contributed by atoms with E-state index >= 15 is 0 Å². The van der Waals surface area contributed by atoms with Gasteiger partial charge < -0.3 is 278 Å². The lowest BCUT2D eigenvalue weighted by Crippen LogP contribution is -2.65. The maximum Gasteiger partial charge on any atom is 0.222 e. The third kappa shape index (κ3) is 31.0. The van der Waals surface area contributed by atoms with Gasteiger partial charge in [-0.1, -0.05) is 0 Å². The lowest BCUT2D eigenvalue weighted by Gasteiger charge is -2.46. The Bertz CT molecular complexity index is 3160. The number of amides is 3. The second-order valence-electron chi connectivity index (χ2n) is 34.0. The van der Waals surface area contributed by atoms with E-state index in [9.17, 15) is 173 Å². The van der Waals surface area contributed by atoms with E-state index in [4.69, 9.17) is 104 Å². The fraction of sp³-hybridized carbons (Fsp3) is 0.936. The number of rotatable bonds is 53. The number of aliphatic hydroxyl groups excluding tert-OH is 30. The van der Waals surface area contributed by atoms with Crippen LogP contribution >= 0.6 is 0 Å². The second-order valence-corrected chi connectivity index (χ2v) is 34.0. The first kappa shape index (κ1) is 116. The average molecular weight is 2010 g/mol. The van der Waals surface area contributed by atoms with Crippen LogP contribution in [-0.4, -0.2) is 599 Å². The summed E-state index contributed by atoms with van der Waals surface area (Å²) < 4.78 is 125. The minimum Gasteiger partial charge on any atom is -0.876 e. The summed E-state index contributed by atoms with van der Waals surface area (Å²) in [5, 5.41) is 337. The van der Waals surface area contributed by atoms with Gasteiger partial charge in [0.05, 0.1) is 131 Å². The molecule has 9 rings (SSSR count). The second kappa shape index (κ2) is 56.0. The van der Waals surface area contributed by atoms with Crippen LogP contribution in [0.5, 0.6) is 0 Å². The molecular weight excluding hydrogens is 1870 g/mol. The maximum absolute atomic E-state index is 13.5. The smallest absolute Gasteiger partial charge is 0.222 e. The molecule has 0 radical (unpaired) electrons. The third-order valence-corrected chi connectivity index (χ3v) is 23.9. The monoisotopic (exact) mass is 2010 g/mol. The Hall–Kier alpha value is -4.13. The van der Waals surface area contributed by atoms with Gasteiger partial charge in [-0.25, -0.2) is 0 Å². The van der Waals surface area contributed by atoms with Gasteiger partial charge in [0.25, 0.3) is 0 Å². The van der Waals surface area contributed by atoms with E-state index in [-0.39, 0.29) is 39.3 Å². The summed E-state index contributed by atoms with van der Waals surface area (Å²) in [5.74, 6) is -2.65. The molecule has 137 heavy (non-hydrogen) atoms. The lowest BCUT2D eigenvalue weighted by molar-refractivity contribution is -0.366. The van der Waals surface area contributed by atoms with Gasteiger partial charge in [0.15, 0.2) is 56.6 Å². The zero-order valence-electron chi connectivity index (χ0n) is 73.8. The molecule has 798 valence electrons. The molecule has 3 amide bonds. The largest absolute Gasteiger partial charge is 0.876 e. The Morgan fingerprint density at radius 2 is 0.445 bits per heavy atom. The normalized spacial score (nSPS) is 42.7. The van der Waals surface area contributed by atoms with Crippen LogP contribution < -0.4 is 21.1 Å².